The maximum Gasteiger partial charge on any atom is 0.222 e. The van der Waals surface area contributed by atoms with Crippen molar-refractivity contribution >= 4 is 23.2 Å². The van der Waals surface area contributed by atoms with E-state index in [9.17, 15) is 4.79 Å². The standard InChI is InChI=1S/C12H15ClN2O/c13-9-3-1-4-10(7-9)15-11-5-2-6-14-12(16)8-11/h1,3-4,7,11,15H,2,5-6,8H2,(H,14,16). The SMILES string of the molecule is O=C1CC(Nc2cccc(Cl)c2)CCCN1. The summed E-state index contributed by atoms with van der Waals surface area (Å²) in [7, 11) is 0. The van der Waals surface area contributed by atoms with Crippen LogP contribution in [0.1, 0.15) is 19.3 Å². The van der Waals surface area contributed by atoms with Crippen molar-refractivity contribution in [2.24, 2.45) is 0 Å². The Balaban J connectivity index is 2.00. The molecule has 1 aromatic rings. The lowest BCUT2D eigenvalue weighted by Crippen LogP contribution is -2.26. The molecule has 4 heteroatoms. The van der Waals surface area contributed by atoms with E-state index in [-0.39, 0.29) is 11.9 Å². The summed E-state index contributed by atoms with van der Waals surface area (Å²) in [4.78, 5) is 11.4. The van der Waals surface area contributed by atoms with Crippen LogP contribution < -0.4 is 10.6 Å². The summed E-state index contributed by atoms with van der Waals surface area (Å²) >= 11 is 5.90. The number of anilines is 1. The Bertz CT molecular complexity index is 381. The number of hydrogen-bond donors (Lipinski definition) is 2. The van der Waals surface area contributed by atoms with E-state index in [0.717, 1.165) is 25.1 Å². The van der Waals surface area contributed by atoms with Crippen LogP contribution in [0.15, 0.2) is 24.3 Å². The van der Waals surface area contributed by atoms with Gasteiger partial charge in [0.05, 0.1) is 0 Å². The van der Waals surface area contributed by atoms with E-state index < -0.39 is 0 Å². The fourth-order valence-electron chi connectivity index (χ4n) is 1.91. The van der Waals surface area contributed by atoms with E-state index in [2.05, 4.69) is 10.6 Å². The highest BCUT2D eigenvalue weighted by atomic mass is 35.5. The molecule has 0 spiro atoms. The molecule has 1 amide bonds. The molecule has 2 rings (SSSR count). The number of amides is 1. The lowest BCUT2D eigenvalue weighted by Gasteiger charge is -2.16. The molecule has 1 saturated heterocycles. The van der Waals surface area contributed by atoms with Gasteiger partial charge in [0.25, 0.3) is 0 Å². The largest absolute Gasteiger partial charge is 0.382 e. The van der Waals surface area contributed by atoms with E-state index in [4.69, 9.17) is 11.6 Å². The van der Waals surface area contributed by atoms with Gasteiger partial charge in [-0.05, 0) is 31.0 Å². The van der Waals surface area contributed by atoms with E-state index >= 15 is 0 Å². The minimum absolute atomic E-state index is 0.122. The van der Waals surface area contributed by atoms with Crippen molar-refractivity contribution in [1.82, 2.24) is 5.32 Å². The molecule has 0 saturated carbocycles. The molecular formula is C12H15ClN2O. The number of hydrogen-bond acceptors (Lipinski definition) is 2. The quantitative estimate of drug-likeness (QED) is 0.831. The molecule has 0 bridgehead atoms. The second kappa shape index (κ2) is 5.21. The Morgan fingerprint density at radius 2 is 2.31 bits per heavy atom. The first-order chi connectivity index (χ1) is 7.74. The zero-order valence-corrected chi connectivity index (χ0v) is 9.76. The Morgan fingerprint density at radius 3 is 3.12 bits per heavy atom. The first-order valence-corrected chi connectivity index (χ1v) is 5.90. The van der Waals surface area contributed by atoms with Crippen LogP contribution in [0, 0.1) is 0 Å². The van der Waals surface area contributed by atoms with Crippen molar-refractivity contribution in [2.75, 3.05) is 11.9 Å². The number of rotatable bonds is 2. The van der Waals surface area contributed by atoms with Crippen LogP contribution in [0.3, 0.4) is 0 Å². The van der Waals surface area contributed by atoms with E-state index in [0.29, 0.717) is 11.4 Å². The van der Waals surface area contributed by atoms with Gasteiger partial charge in [-0.25, -0.2) is 0 Å². The van der Waals surface area contributed by atoms with Crippen molar-refractivity contribution in [3.63, 3.8) is 0 Å². The predicted molar refractivity (Wildman–Crippen MR) is 65.7 cm³/mol. The minimum Gasteiger partial charge on any atom is -0.382 e. The van der Waals surface area contributed by atoms with Gasteiger partial charge in [-0.1, -0.05) is 17.7 Å². The smallest absolute Gasteiger partial charge is 0.222 e. The van der Waals surface area contributed by atoms with Crippen molar-refractivity contribution in [1.29, 1.82) is 0 Å². The van der Waals surface area contributed by atoms with E-state index in [1.165, 1.54) is 0 Å². The van der Waals surface area contributed by atoms with Crippen molar-refractivity contribution in [2.45, 2.75) is 25.3 Å². The average Bonchev–Trinajstić information content (AvgIpc) is 2.43. The molecule has 1 heterocycles. The van der Waals surface area contributed by atoms with Crippen LogP contribution in [0.5, 0.6) is 0 Å². The zero-order valence-electron chi connectivity index (χ0n) is 9.00. The van der Waals surface area contributed by atoms with E-state index in [1.807, 2.05) is 24.3 Å². The molecule has 1 atom stereocenters. The number of carbonyl (C=O) groups excluding carboxylic acids is 1. The summed E-state index contributed by atoms with van der Waals surface area (Å²) in [5.74, 6) is 0.122. The molecular weight excluding hydrogens is 224 g/mol. The molecule has 16 heavy (non-hydrogen) atoms. The van der Waals surface area contributed by atoms with Crippen LogP contribution in [0.25, 0.3) is 0 Å². The van der Waals surface area contributed by atoms with Crippen LogP contribution in [-0.4, -0.2) is 18.5 Å². The third kappa shape index (κ3) is 3.14. The van der Waals surface area contributed by atoms with Crippen LogP contribution in [-0.2, 0) is 4.79 Å². The van der Waals surface area contributed by atoms with Crippen molar-refractivity contribution < 1.29 is 4.79 Å². The Kier molecular flexibility index (Phi) is 3.67. The monoisotopic (exact) mass is 238 g/mol. The zero-order chi connectivity index (χ0) is 11.4. The van der Waals surface area contributed by atoms with Gasteiger partial charge in [0.2, 0.25) is 5.91 Å². The van der Waals surface area contributed by atoms with Gasteiger partial charge in [0.1, 0.15) is 0 Å². The summed E-state index contributed by atoms with van der Waals surface area (Å²) in [6, 6.07) is 7.80. The average molecular weight is 239 g/mol. The summed E-state index contributed by atoms with van der Waals surface area (Å²) in [6.07, 6.45) is 2.56. The normalized spacial score (nSPS) is 21.1. The predicted octanol–water partition coefficient (Wildman–Crippen LogP) is 2.42. The van der Waals surface area contributed by atoms with Gasteiger partial charge in [-0.2, -0.15) is 0 Å². The molecule has 2 N–H and O–H groups in total. The second-order valence-corrected chi connectivity index (χ2v) is 4.48. The lowest BCUT2D eigenvalue weighted by atomic mass is 10.1. The maximum atomic E-state index is 11.4. The molecule has 1 aromatic carbocycles. The number of benzene rings is 1. The summed E-state index contributed by atoms with van der Waals surface area (Å²) < 4.78 is 0. The molecule has 1 unspecified atom stereocenters. The molecule has 0 aromatic heterocycles. The van der Waals surface area contributed by atoms with Gasteiger partial charge in [0, 0.05) is 29.7 Å². The molecule has 0 aliphatic carbocycles. The van der Waals surface area contributed by atoms with E-state index in [1.54, 1.807) is 0 Å². The Hall–Kier alpha value is -1.22. The van der Waals surface area contributed by atoms with Crippen LogP contribution >= 0.6 is 11.6 Å². The lowest BCUT2D eigenvalue weighted by molar-refractivity contribution is -0.120. The van der Waals surface area contributed by atoms with Crippen molar-refractivity contribution in [3.8, 4) is 0 Å². The summed E-state index contributed by atoms with van der Waals surface area (Å²) in [5, 5.41) is 6.92. The van der Waals surface area contributed by atoms with Crippen molar-refractivity contribution in [3.05, 3.63) is 29.3 Å². The highest BCUT2D eigenvalue weighted by molar-refractivity contribution is 6.30. The number of nitrogens with one attached hydrogen (secondary N) is 2. The van der Waals surface area contributed by atoms with Gasteiger partial charge in [0.15, 0.2) is 0 Å². The topological polar surface area (TPSA) is 41.1 Å². The van der Waals surface area contributed by atoms with Gasteiger partial charge >= 0.3 is 0 Å². The molecule has 0 radical (unpaired) electrons. The Labute approximate surface area is 100 Å². The fourth-order valence-corrected chi connectivity index (χ4v) is 2.10. The number of carbonyl (C=O) groups is 1. The summed E-state index contributed by atoms with van der Waals surface area (Å²) in [6.45, 7) is 0.784. The minimum atomic E-state index is 0.122. The molecule has 3 nitrogen and oxygen atoms in total. The summed E-state index contributed by atoms with van der Waals surface area (Å²) in [5.41, 5.74) is 0.979. The van der Waals surface area contributed by atoms with Crippen LogP contribution in [0.2, 0.25) is 5.02 Å². The molecule has 1 aliphatic heterocycles. The van der Waals surface area contributed by atoms with Gasteiger partial charge in [-0.3, -0.25) is 4.79 Å². The van der Waals surface area contributed by atoms with Gasteiger partial charge < -0.3 is 10.6 Å². The maximum absolute atomic E-state index is 11.4. The molecule has 1 aliphatic rings. The first-order valence-electron chi connectivity index (χ1n) is 5.53. The first kappa shape index (κ1) is 11.3. The molecule has 86 valence electrons. The van der Waals surface area contributed by atoms with Gasteiger partial charge in [-0.15, -0.1) is 0 Å². The third-order valence-electron chi connectivity index (χ3n) is 2.68. The highest BCUT2D eigenvalue weighted by Crippen LogP contribution is 2.18. The molecule has 1 fully saturated rings. The van der Waals surface area contributed by atoms with Crippen LogP contribution in [0.4, 0.5) is 5.69 Å². The Morgan fingerprint density at radius 1 is 1.44 bits per heavy atom. The fraction of sp³-hybridized carbons (Fsp3) is 0.417. The number of halogens is 1. The second-order valence-electron chi connectivity index (χ2n) is 4.05. The third-order valence-corrected chi connectivity index (χ3v) is 2.91. The highest BCUT2D eigenvalue weighted by Gasteiger charge is 2.16.